The number of benzene rings is 1. The van der Waals surface area contributed by atoms with Crippen molar-refractivity contribution in [2.45, 2.75) is 63.8 Å². The van der Waals surface area contributed by atoms with Gasteiger partial charge in [-0.25, -0.2) is 8.42 Å². The van der Waals surface area contributed by atoms with Crippen LogP contribution in [-0.2, 0) is 27.9 Å². The van der Waals surface area contributed by atoms with Crippen LogP contribution in [0.5, 0.6) is 0 Å². The highest BCUT2D eigenvalue weighted by molar-refractivity contribution is 7.99. The Morgan fingerprint density at radius 3 is 2.58 bits per heavy atom. The Bertz CT molecular complexity index is 978. The Morgan fingerprint density at radius 2 is 1.94 bits per heavy atom. The van der Waals surface area contributed by atoms with E-state index in [9.17, 15) is 13.2 Å². The van der Waals surface area contributed by atoms with Crippen LogP contribution in [0.4, 0.5) is 5.69 Å². The van der Waals surface area contributed by atoms with Crippen molar-refractivity contribution in [3.05, 3.63) is 36.2 Å². The Labute approximate surface area is 188 Å². The van der Waals surface area contributed by atoms with Crippen molar-refractivity contribution in [2.75, 3.05) is 16.3 Å². The number of hydrogen-bond donors (Lipinski definition) is 1. The molecule has 8 nitrogen and oxygen atoms in total. The molecule has 0 spiro atoms. The monoisotopic (exact) mass is 465 g/mol. The fourth-order valence-corrected chi connectivity index (χ4v) is 5.58. The molecule has 1 aromatic heterocycles. The molecule has 0 unspecified atom stereocenters. The van der Waals surface area contributed by atoms with Crippen LogP contribution in [0.25, 0.3) is 0 Å². The highest BCUT2D eigenvalue weighted by Gasteiger charge is 2.24. The van der Waals surface area contributed by atoms with Crippen LogP contribution in [0.15, 0.2) is 35.5 Å². The van der Waals surface area contributed by atoms with Gasteiger partial charge in [0, 0.05) is 12.6 Å². The van der Waals surface area contributed by atoms with Gasteiger partial charge in [-0.05, 0) is 37.8 Å². The summed E-state index contributed by atoms with van der Waals surface area (Å²) in [7, 11) is -3.50. The molecule has 1 N–H and O–H groups in total. The van der Waals surface area contributed by atoms with Crippen LogP contribution in [0, 0.1) is 5.92 Å². The summed E-state index contributed by atoms with van der Waals surface area (Å²) in [6.07, 6.45) is 5.77. The van der Waals surface area contributed by atoms with Gasteiger partial charge in [-0.2, -0.15) is 0 Å². The maximum atomic E-state index is 12.5. The average Bonchev–Trinajstić information content (AvgIpc) is 3.13. The number of sulfonamides is 1. The summed E-state index contributed by atoms with van der Waals surface area (Å²) in [6.45, 7) is 4.81. The zero-order chi connectivity index (χ0) is 22.4. The zero-order valence-corrected chi connectivity index (χ0v) is 20.0. The largest absolute Gasteiger partial charge is 0.352 e. The van der Waals surface area contributed by atoms with E-state index in [1.165, 1.54) is 28.7 Å². The summed E-state index contributed by atoms with van der Waals surface area (Å²) in [5, 5.41) is 12.2. The number of nitrogens with one attached hydrogen (secondary N) is 1. The molecule has 0 bridgehead atoms. The van der Waals surface area contributed by atoms with E-state index in [-0.39, 0.29) is 24.2 Å². The zero-order valence-electron chi connectivity index (χ0n) is 18.3. The third kappa shape index (κ3) is 6.22. The van der Waals surface area contributed by atoms with Gasteiger partial charge in [0.15, 0.2) is 11.0 Å². The van der Waals surface area contributed by atoms with Gasteiger partial charge in [-0.15, -0.1) is 10.2 Å². The normalized spacial score (nSPS) is 19.2. The van der Waals surface area contributed by atoms with Gasteiger partial charge >= 0.3 is 0 Å². The molecule has 1 aliphatic carbocycles. The molecule has 1 amide bonds. The fraction of sp³-hybridized carbons (Fsp3) is 0.571. The summed E-state index contributed by atoms with van der Waals surface area (Å²) in [6, 6.07) is 9.18. The van der Waals surface area contributed by atoms with E-state index in [1.54, 1.807) is 24.3 Å². The molecule has 3 rings (SSSR count). The molecular formula is C21H31N5O3S2. The predicted molar refractivity (Wildman–Crippen MR) is 123 cm³/mol. The predicted octanol–water partition coefficient (Wildman–Crippen LogP) is 3.05. The first-order chi connectivity index (χ1) is 14.8. The summed E-state index contributed by atoms with van der Waals surface area (Å²) in [5.41, 5.74) is 0.575. The first kappa shape index (κ1) is 23.6. The molecule has 0 saturated heterocycles. The van der Waals surface area contributed by atoms with Gasteiger partial charge < -0.3 is 9.88 Å². The first-order valence-electron chi connectivity index (χ1n) is 10.7. The van der Waals surface area contributed by atoms with Crippen LogP contribution in [0.3, 0.4) is 0 Å². The Balaban J connectivity index is 1.68. The van der Waals surface area contributed by atoms with Crippen LogP contribution in [0.2, 0.25) is 0 Å². The number of para-hydroxylation sites is 1. The second-order valence-corrected chi connectivity index (χ2v) is 10.8. The van der Waals surface area contributed by atoms with Crippen LogP contribution < -0.4 is 9.62 Å². The minimum absolute atomic E-state index is 0.00185. The van der Waals surface area contributed by atoms with E-state index >= 15 is 0 Å². The topological polar surface area (TPSA) is 97.2 Å². The van der Waals surface area contributed by atoms with E-state index in [4.69, 9.17) is 0 Å². The van der Waals surface area contributed by atoms with Crippen molar-refractivity contribution in [3.8, 4) is 0 Å². The summed E-state index contributed by atoms with van der Waals surface area (Å²) in [4.78, 5) is 12.5. The molecule has 31 heavy (non-hydrogen) atoms. The summed E-state index contributed by atoms with van der Waals surface area (Å²) in [5.74, 6) is 1.31. The number of nitrogens with zero attached hydrogens (tertiary/aromatic N) is 4. The SMILES string of the molecule is CCn1c(CN(c2ccccc2)S(C)(=O)=O)nnc1SCC(=O)N[C@@H]1CCCC[C@@H]1C. The lowest BCUT2D eigenvalue weighted by Gasteiger charge is -2.29. The number of amides is 1. The Morgan fingerprint density at radius 1 is 1.23 bits per heavy atom. The number of anilines is 1. The van der Waals surface area contributed by atoms with Crippen molar-refractivity contribution < 1.29 is 13.2 Å². The van der Waals surface area contributed by atoms with E-state index in [1.807, 2.05) is 17.6 Å². The fourth-order valence-electron chi connectivity index (χ4n) is 3.89. The van der Waals surface area contributed by atoms with E-state index in [2.05, 4.69) is 22.4 Å². The molecular weight excluding hydrogens is 434 g/mol. The number of rotatable bonds is 9. The molecule has 1 saturated carbocycles. The van der Waals surface area contributed by atoms with Gasteiger partial charge in [0.2, 0.25) is 15.9 Å². The van der Waals surface area contributed by atoms with Crippen LogP contribution in [-0.4, -0.2) is 47.1 Å². The Kier molecular flexibility index (Phi) is 7.99. The van der Waals surface area contributed by atoms with Crippen molar-refractivity contribution in [3.63, 3.8) is 0 Å². The lowest BCUT2D eigenvalue weighted by Crippen LogP contribution is -2.41. The molecule has 170 valence electrons. The van der Waals surface area contributed by atoms with Crippen molar-refractivity contribution >= 4 is 33.4 Å². The van der Waals surface area contributed by atoms with Crippen LogP contribution in [0.1, 0.15) is 45.4 Å². The van der Waals surface area contributed by atoms with Gasteiger partial charge in [0.25, 0.3) is 0 Å². The minimum atomic E-state index is -3.50. The molecule has 1 aliphatic rings. The standard InChI is InChI=1S/C21H31N5O3S2/c1-4-25-19(14-26(31(3,28)29)17-11-6-5-7-12-17)23-24-21(25)30-15-20(27)22-18-13-9-8-10-16(18)2/h5-7,11-12,16,18H,4,8-10,13-15H2,1-3H3,(H,22,27)/t16-,18+/m0/s1. The average molecular weight is 466 g/mol. The van der Waals surface area contributed by atoms with Crippen LogP contribution >= 0.6 is 11.8 Å². The summed E-state index contributed by atoms with van der Waals surface area (Å²) >= 11 is 1.33. The second-order valence-electron chi connectivity index (χ2n) is 7.97. The second kappa shape index (κ2) is 10.5. The maximum absolute atomic E-state index is 12.5. The third-order valence-corrected chi connectivity index (χ3v) is 7.74. The number of hydrogen-bond acceptors (Lipinski definition) is 6. The molecule has 1 aromatic carbocycles. The van der Waals surface area contributed by atoms with E-state index < -0.39 is 10.0 Å². The van der Waals surface area contributed by atoms with E-state index in [0.29, 0.717) is 29.1 Å². The third-order valence-electron chi connectivity index (χ3n) is 5.63. The molecule has 1 fully saturated rings. The quantitative estimate of drug-likeness (QED) is 0.572. The van der Waals surface area contributed by atoms with Crippen molar-refractivity contribution in [2.24, 2.45) is 5.92 Å². The van der Waals surface area contributed by atoms with Gasteiger partial charge in [0.1, 0.15) is 0 Å². The van der Waals surface area contributed by atoms with Gasteiger partial charge in [-0.1, -0.05) is 49.7 Å². The molecule has 1 heterocycles. The molecule has 2 atom stereocenters. The number of aromatic nitrogens is 3. The Hall–Kier alpha value is -2.07. The molecule has 2 aromatic rings. The van der Waals surface area contributed by atoms with Gasteiger partial charge in [0.05, 0.1) is 24.2 Å². The van der Waals surface area contributed by atoms with E-state index in [0.717, 1.165) is 19.3 Å². The highest BCUT2D eigenvalue weighted by Crippen LogP contribution is 2.25. The lowest BCUT2D eigenvalue weighted by atomic mass is 9.86. The van der Waals surface area contributed by atoms with Crippen molar-refractivity contribution in [1.82, 2.24) is 20.1 Å². The maximum Gasteiger partial charge on any atom is 0.232 e. The summed E-state index contributed by atoms with van der Waals surface area (Å²) < 4.78 is 27.9. The van der Waals surface area contributed by atoms with Crippen molar-refractivity contribution in [1.29, 1.82) is 0 Å². The molecule has 0 aliphatic heterocycles. The number of carbonyl (C=O) groups excluding carboxylic acids is 1. The number of carbonyl (C=O) groups is 1. The molecule has 0 radical (unpaired) electrons. The highest BCUT2D eigenvalue weighted by atomic mass is 32.2. The number of thioether (sulfide) groups is 1. The minimum Gasteiger partial charge on any atom is -0.352 e. The first-order valence-corrected chi connectivity index (χ1v) is 13.5. The lowest BCUT2D eigenvalue weighted by molar-refractivity contribution is -0.119. The van der Waals surface area contributed by atoms with Gasteiger partial charge in [-0.3, -0.25) is 9.10 Å². The molecule has 10 heteroatoms. The smallest absolute Gasteiger partial charge is 0.232 e.